The molecule has 0 N–H and O–H groups in total. The molecule has 0 spiro atoms. The molecule has 0 aliphatic carbocycles. The Kier molecular flexibility index (Phi) is 8.21. The van der Waals surface area contributed by atoms with Crippen LogP contribution in [-0.2, 0) is 24.4 Å². The second-order valence-electron chi connectivity index (χ2n) is 6.58. The Morgan fingerprint density at radius 3 is 1.78 bits per heavy atom. The van der Waals surface area contributed by atoms with Crippen LogP contribution in [0.3, 0.4) is 0 Å². The molecule has 0 bridgehead atoms. The standard InChI is InChI=1S/C23H25N2O.BrH/c1-20-12-15-24(16-13-20)17-14-23(26)25(18-21-8-4-2-5-9-21)19-22-10-6-3-7-11-22;/h2-13,15-16H,14,17-19H2,1H3;1H/q+1;/p-1. The Morgan fingerprint density at radius 2 is 1.30 bits per heavy atom. The van der Waals surface area contributed by atoms with E-state index in [2.05, 4.69) is 47.9 Å². The van der Waals surface area contributed by atoms with Crippen molar-refractivity contribution in [2.45, 2.75) is 33.0 Å². The summed E-state index contributed by atoms with van der Waals surface area (Å²) in [6.07, 6.45) is 4.55. The Morgan fingerprint density at radius 1 is 0.815 bits per heavy atom. The maximum atomic E-state index is 12.9. The molecule has 0 radical (unpaired) electrons. The van der Waals surface area contributed by atoms with Crippen LogP contribution in [0.2, 0.25) is 0 Å². The molecular weight excluding hydrogens is 400 g/mol. The predicted octanol–water partition coefficient (Wildman–Crippen LogP) is 0.906. The first kappa shape index (κ1) is 20.8. The number of pyridine rings is 1. The number of nitrogens with zero attached hydrogens (tertiary/aromatic N) is 2. The normalized spacial score (nSPS) is 10.1. The third kappa shape index (κ3) is 6.65. The van der Waals surface area contributed by atoms with Crippen molar-refractivity contribution in [1.82, 2.24) is 4.90 Å². The summed E-state index contributed by atoms with van der Waals surface area (Å²) in [4.78, 5) is 14.8. The minimum Gasteiger partial charge on any atom is -1.00 e. The fourth-order valence-corrected chi connectivity index (χ4v) is 2.90. The molecule has 1 amide bonds. The number of aromatic nitrogens is 1. The van der Waals surface area contributed by atoms with Gasteiger partial charge in [0.2, 0.25) is 5.91 Å². The molecule has 0 saturated carbocycles. The first-order valence-corrected chi connectivity index (χ1v) is 9.02. The lowest BCUT2D eigenvalue weighted by molar-refractivity contribution is -0.696. The van der Waals surface area contributed by atoms with E-state index < -0.39 is 0 Å². The third-order valence-electron chi connectivity index (χ3n) is 4.43. The molecule has 0 atom stereocenters. The smallest absolute Gasteiger partial charge is 0.229 e. The lowest BCUT2D eigenvalue weighted by Crippen LogP contribution is -3.00. The number of amides is 1. The first-order valence-electron chi connectivity index (χ1n) is 9.02. The molecule has 1 aromatic heterocycles. The largest absolute Gasteiger partial charge is 1.00 e. The van der Waals surface area contributed by atoms with Crippen LogP contribution in [0.5, 0.6) is 0 Å². The van der Waals surface area contributed by atoms with E-state index >= 15 is 0 Å². The summed E-state index contributed by atoms with van der Waals surface area (Å²) >= 11 is 0. The molecule has 0 aliphatic rings. The Bertz CT molecular complexity index is 779. The van der Waals surface area contributed by atoms with Crippen molar-refractivity contribution in [3.05, 3.63) is 102 Å². The van der Waals surface area contributed by atoms with Crippen LogP contribution in [0.1, 0.15) is 23.1 Å². The molecule has 0 saturated heterocycles. The number of benzene rings is 2. The number of hydrogen-bond acceptors (Lipinski definition) is 1. The van der Waals surface area contributed by atoms with Crippen LogP contribution >= 0.6 is 0 Å². The van der Waals surface area contributed by atoms with Gasteiger partial charge in [0.15, 0.2) is 18.9 Å². The monoisotopic (exact) mass is 424 g/mol. The van der Waals surface area contributed by atoms with E-state index in [1.165, 1.54) is 5.56 Å². The highest BCUT2D eigenvalue weighted by Crippen LogP contribution is 2.11. The highest BCUT2D eigenvalue weighted by molar-refractivity contribution is 5.76. The number of carbonyl (C=O) groups is 1. The van der Waals surface area contributed by atoms with Gasteiger partial charge >= 0.3 is 0 Å². The van der Waals surface area contributed by atoms with Gasteiger partial charge in [0.25, 0.3) is 0 Å². The zero-order valence-electron chi connectivity index (χ0n) is 15.6. The average molecular weight is 425 g/mol. The molecule has 3 aromatic rings. The second kappa shape index (κ2) is 10.6. The summed E-state index contributed by atoms with van der Waals surface area (Å²) in [7, 11) is 0. The predicted molar refractivity (Wildman–Crippen MR) is 103 cm³/mol. The molecule has 3 rings (SSSR count). The van der Waals surface area contributed by atoms with Crippen molar-refractivity contribution >= 4 is 5.91 Å². The van der Waals surface area contributed by atoms with Crippen LogP contribution < -0.4 is 21.5 Å². The minimum absolute atomic E-state index is 0. The number of aryl methyl sites for hydroxylation is 2. The van der Waals surface area contributed by atoms with Crippen LogP contribution in [0.15, 0.2) is 85.2 Å². The highest BCUT2D eigenvalue weighted by atomic mass is 79.9. The Hall–Kier alpha value is -2.46. The van der Waals surface area contributed by atoms with Crippen LogP contribution in [-0.4, -0.2) is 10.8 Å². The SMILES string of the molecule is Cc1cc[n+](CCC(=O)N(Cc2ccccc2)Cc2ccccc2)cc1.[Br-]. The van der Waals surface area contributed by atoms with Crippen molar-refractivity contribution < 1.29 is 26.3 Å². The van der Waals surface area contributed by atoms with Gasteiger partial charge in [-0.3, -0.25) is 4.79 Å². The van der Waals surface area contributed by atoms with Crippen molar-refractivity contribution in [2.75, 3.05) is 0 Å². The first-order chi connectivity index (χ1) is 12.7. The van der Waals surface area contributed by atoms with E-state index in [-0.39, 0.29) is 22.9 Å². The third-order valence-corrected chi connectivity index (χ3v) is 4.43. The second-order valence-corrected chi connectivity index (χ2v) is 6.58. The van der Waals surface area contributed by atoms with Gasteiger partial charge < -0.3 is 21.9 Å². The molecule has 4 heteroatoms. The summed E-state index contributed by atoms with van der Waals surface area (Å²) in [5, 5.41) is 0. The molecule has 1 heterocycles. The van der Waals surface area contributed by atoms with Crippen LogP contribution in [0.4, 0.5) is 0 Å². The maximum absolute atomic E-state index is 12.9. The van der Waals surface area contributed by atoms with Gasteiger partial charge in [-0.05, 0) is 23.6 Å². The molecule has 0 fully saturated rings. The van der Waals surface area contributed by atoms with Crippen molar-refractivity contribution in [1.29, 1.82) is 0 Å². The summed E-state index contributed by atoms with van der Waals surface area (Å²) in [6, 6.07) is 24.5. The molecule has 3 nitrogen and oxygen atoms in total. The molecule has 27 heavy (non-hydrogen) atoms. The van der Waals surface area contributed by atoms with E-state index in [0.29, 0.717) is 26.1 Å². The van der Waals surface area contributed by atoms with E-state index in [1.807, 2.05) is 53.7 Å². The van der Waals surface area contributed by atoms with E-state index in [4.69, 9.17) is 0 Å². The van der Waals surface area contributed by atoms with E-state index in [9.17, 15) is 4.79 Å². The van der Waals surface area contributed by atoms with E-state index in [0.717, 1.165) is 11.1 Å². The van der Waals surface area contributed by atoms with Crippen molar-refractivity contribution in [2.24, 2.45) is 0 Å². The zero-order valence-corrected chi connectivity index (χ0v) is 17.2. The molecule has 2 aromatic carbocycles. The van der Waals surface area contributed by atoms with Gasteiger partial charge in [-0.25, -0.2) is 4.57 Å². The van der Waals surface area contributed by atoms with Crippen LogP contribution in [0, 0.1) is 6.92 Å². The van der Waals surface area contributed by atoms with Gasteiger partial charge in [0.05, 0.1) is 6.42 Å². The fourth-order valence-electron chi connectivity index (χ4n) is 2.90. The lowest BCUT2D eigenvalue weighted by Gasteiger charge is -2.22. The van der Waals surface area contributed by atoms with E-state index in [1.54, 1.807) is 0 Å². The van der Waals surface area contributed by atoms with Gasteiger partial charge in [0.1, 0.15) is 0 Å². The van der Waals surface area contributed by atoms with Gasteiger partial charge in [-0.2, -0.15) is 0 Å². The highest BCUT2D eigenvalue weighted by Gasteiger charge is 2.16. The number of carbonyl (C=O) groups excluding carboxylic acids is 1. The Labute approximate surface area is 172 Å². The number of halogens is 1. The summed E-state index contributed by atoms with van der Waals surface area (Å²) < 4.78 is 2.06. The Balaban J connectivity index is 0.00000261. The van der Waals surface area contributed by atoms with Crippen molar-refractivity contribution in [3.8, 4) is 0 Å². The maximum Gasteiger partial charge on any atom is 0.229 e. The average Bonchev–Trinajstić information content (AvgIpc) is 2.68. The number of rotatable bonds is 7. The molecule has 140 valence electrons. The lowest BCUT2D eigenvalue weighted by atomic mass is 10.1. The summed E-state index contributed by atoms with van der Waals surface area (Å²) in [5.41, 5.74) is 3.53. The zero-order chi connectivity index (χ0) is 18.2. The number of hydrogen-bond donors (Lipinski definition) is 0. The fraction of sp³-hybridized carbons (Fsp3) is 0.217. The van der Waals surface area contributed by atoms with Gasteiger partial charge in [0, 0.05) is 25.2 Å². The molecular formula is C23H25BrN2O. The van der Waals surface area contributed by atoms with Crippen LogP contribution in [0.25, 0.3) is 0 Å². The molecule has 0 unspecified atom stereocenters. The van der Waals surface area contributed by atoms with Crippen molar-refractivity contribution in [3.63, 3.8) is 0 Å². The quantitative estimate of drug-likeness (QED) is 0.517. The minimum atomic E-state index is 0. The van der Waals surface area contributed by atoms with Gasteiger partial charge in [-0.15, -0.1) is 0 Å². The summed E-state index contributed by atoms with van der Waals surface area (Å²) in [5.74, 6) is 0.172. The topological polar surface area (TPSA) is 24.2 Å². The molecule has 0 aliphatic heterocycles. The van der Waals surface area contributed by atoms with Gasteiger partial charge in [-0.1, -0.05) is 60.7 Å². The summed E-state index contributed by atoms with van der Waals surface area (Å²) in [6.45, 7) is 4.02.